The van der Waals surface area contributed by atoms with E-state index >= 15 is 0 Å². The van der Waals surface area contributed by atoms with E-state index in [2.05, 4.69) is 9.97 Å². The summed E-state index contributed by atoms with van der Waals surface area (Å²) >= 11 is 5.63. The molecule has 2 aromatic rings. The Morgan fingerprint density at radius 1 is 1.37 bits per heavy atom. The Balaban J connectivity index is 2.15. The third kappa shape index (κ3) is 3.39. The lowest BCUT2D eigenvalue weighted by atomic mass is 10.0. The van der Waals surface area contributed by atoms with Crippen LogP contribution in [0.25, 0.3) is 0 Å². The fourth-order valence-corrected chi connectivity index (χ4v) is 1.80. The second-order valence-corrected chi connectivity index (χ2v) is 4.44. The number of benzene rings is 1. The molecule has 1 heterocycles. The molecular weight excluding hydrogens is 269 g/mol. The van der Waals surface area contributed by atoms with E-state index in [1.165, 1.54) is 25.6 Å². The lowest BCUT2D eigenvalue weighted by Crippen LogP contribution is -2.14. The predicted molar refractivity (Wildman–Crippen MR) is 70.6 cm³/mol. The van der Waals surface area contributed by atoms with Gasteiger partial charge in [0.1, 0.15) is 12.1 Å². The van der Waals surface area contributed by atoms with E-state index < -0.39 is 5.82 Å². The number of nitrogens with zero attached hydrogens (tertiary/aromatic N) is 2. The minimum Gasteiger partial charge on any atom is -0.481 e. The van der Waals surface area contributed by atoms with Crippen LogP contribution in [0, 0.1) is 5.82 Å². The van der Waals surface area contributed by atoms with Gasteiger partial charge in [-0.2, -0.15) is 0 Å². The molecule has 0 spiro atoms. The SMILES string of the molecule is COc1cc(CC(N)c2ccc(Cl)c(F)c2)ncn1. The highest BCUT2D eigenvalue weighted by molar-refractivity contribution is 6.30. The van der Waals surface area contributed by atoms with Crippen molar-refractivity contribution >= 4 is 11.6 Å². The van der Waals surface area contributed by atoms with Crippen LogP contribution >= 0.6 is 11.6 Å². The van der Waals surface area contributed by atoms with Crippen LogP contribution in [-0.2, 0) is 6.42 Å². The van der Waals surface area contributed by atoms with Crippen LogP contribution in [0.3, 0.4) is 0 Å². The number of halogens is 2. The first kappa shape index (κ1) is 13.7. The minimum atomic E-state index is -0.477. The van der Waals surface area contributed by atoms with E-state index in [1.807, 2.05) is 0 Å². The van der Waals surface area contributed by atoms with E-state index in [4.69, 9.17) is 22.1 Å². The first-order valence-electron chi connectivity index (χ1n) is 5.65. The van der Waals surface area contributed by atoms with E-state index in [0.717, 1.165) is 5.69 Å². The quantitative estimate of drug-likeness (QED) is 0.935. The highest BCUT2D eigenvalue weighted by Gasteiger charge is 2.11. The van der Waals surface area contributed by atoms with E-state index in [-0.39, 0.29) is 11.1 Å². The number of hydrogen-bond donors (Lipinski definition) is 1. The van der Waals surface area contributed by atoms with Gasteiger partial charge in [0.05, 0.1) is 12.1 Å². The van der Waals surface area contributed by atoms with Gasteiger partial charge in [-0.1, -0.05) is 17.7 Å². The summed E-state index contributed by atoms with van der Waals surface area (Å²) in [4.78, 5) is 8.01. The molecule has 0 saturated heterocycles. The van der Waals surface area contributed by atoms with Crippen molar-refractivity contribution in [2.75, 3.05) is 7.11 Å². The molecule has 4 nitrogen and oxygen atoms in total. The Morgan fingerprint density at radius 3 is 2.84 bits per heavy atom. The van der Waals surface area contributed by atoms with E-state index in [1.54, 1.807) is 12.1 Å². The molecule has 1 aromatic heterocycles. The lowest BCUT2D eigenvalue weighted by Gasteiger charge is -2.12. The van der Waals surface area contributed by atoms with Crippen LogP contribution in [-0.4, -0.2) is 17.1 Å². The van der Waals surface area contributed by atoms with Crippen molar-refractivity contribution in [2.24, 2.45) is 5.73 Å². The average molecular weight is 282 g/mol. The van der Waals surface area contributed by atoms with Crippen molar-refractivity contribution in [3.63, 3.8) is 0 Å². The second kappa shape index (κ2) is 5.95. The molecule has 0 radical (unpaired) electrons. The van der Waals surface area contributed by atoms with Gasteiger partial charge in [-0.15, -0.1) is 0 Å². The molecule has 6 heteroatoms. The molecule has 100 valence electrons. The molecule has 19 heavy (non-hydrogen) atoms. The molecule has 1 atom stereocenters. The average Bonchev–Trinajstić information content (AvgIpc) is 2.42. The summed E-state index contributed by atoms with van der Waals surface area (Å²) in [6.07, 6.45) is 1.86. The summed E-state index contributed by atoms with van der Waals surface area (Å²) in [6.45, 7) is 0. The number of ether oxygens (including phenoxy) is 1. The molecule has 0 aliphatic heterocycles. The van der Waals surface area contributed by atoms with Gasteiger partial charge in [0, 0.05) is 24.2 Å². The molecule has 0 fully saturated rings. The zero-order valence-electron chi connectivity index (χ0n) is 10.3. The lowest BCUT2D eigenvalue weighted by molar-refractivity contribution is 0.395. The fourth-order valence-electron chi connectivity index (χ4n) is 1.69. The molecule has 0 aliphatic carbocycles. The highest BCUT2D eigenvalue weighted by atomic mass is 35.5. The maximum Gasteiger partial charge on any atom is 0.216 e. The standard InChI is InChI=1S/C13H13ClFN3O/c1-19-13-6-9(17-7-18-13)5-12(16)8-2-3-10(14)11(15)4-8/h2-4,6-7,12H,5,16H2,1H3. The summed E-state index contributed by atoms with van der Waals surface area (Å²) < 4.78 is 18.4. The fraction of sp³-hybridized carbons (Fsp3) is 0.231. The van der Waals surface area contributed by atoms with Crippen molar-refractivity contribution in [3.05, 3.63) is 52.7 Å². The summed E-state index contributed by atoms with van der Waals surface area (Å²) in [5.41, 5.74) is 7.42. The van der Waals surface area contributed by atoms with Gasteiger partial charge in [-0.3, -0.25) is 0 Å². The molecule has 0 saturated carbocycles. The summed E-state index contributed by atoms with van der Waals surface area (Å²) in [6, 6.07) is 5.87. The minimum absolute atomic E-state index is 0.0830. The van der Waals surface area contributed by atoms with Crippen LogP contribution in [0.5, 0.6) is 5.88 Å². The summed E-state index contributed by atoms with van der Waals surface area (Å²) in [5.74, 6) is -0.00521. The monoisotopic (exact) mass is 281 g/mol. The molecule has 1 aromatic carbocycles. The Labute approximate surface area is 115 Å². The van der Waals surface area contributed by atoms with Crippen molar-refractivity contribution in [1.82, 2.24) is 9.97 Å². The molecular formula is C13H13ClFN3O. The molecule has 0 bridgehead atoms. The Kier molecular flexibility index (Phi) is 4.29. The van der Waals surface area contributed by atoms with Crippen molar-refractivity contribution in [1.29, 1.82) is 0 Å². The van der Waals surface area contributed by atoms with Gasteiger partial charge in [-0.05, 0) is 17.7 Å². The van der Waals surface area contributed by atoms with E-state index in [0.29, 0.717) is 17.9 Å². The van der Waals surface area contributed by atoms with Crippen molar-refractivity contribution in [2.45, 2.75) is 12.5 Å². The van der Waals surface area contributed by atoms with Crippen LogP contribution in [0.15, 0.2) is 30.6 Å². The third-order valence-electron chi connectivity index (χ3n) is 2.71. The molecule has 0 aliphatic rings. The maximum absolute atomic E-state index is 13.4. The van der Waals surface area contributed by atoms with E-state index in [9.17, 15) is 4.39 Å². The smallest absolute Gasteiger partial charge is 0.216 e. The van der Waals surface area contributed by atoms with Gasteiger partial charge < -0.3 is 10.5 Å². The van der Waals surface area contributed by atoms with Crippen LogP contribution in [0.4, 0.5) is 4.39 Å². The highest BCUT2D eigenvalue weighted by Crippen LogP contribution is 2.21. The predicted octanol–water partition coefficient (Wildman–Crippen LogP) is 2.52. The number of nitrogens with two attached hydrogens (primary N) is 1. The Hall–Kier alpha value is -1.72. The maximum atomic E-state index is 13.4. The van der Waals surface area contributed by atoms with Gasteiger partial charge in [-0.25, -0.2) is 14.4 Å². The largest absolute Gasteiger partial charge is 0.481 e. The zero-order chi connectivity index (χ0) is 13.8. The third-order valence-corrected chi connectivity index (χ3v) is 3.02. The van der Waals surface area contributed by atoms with Crippen LogP contribution < -0.4 is 10.5 Å². The molecule has 2 N–H and O–H groups in total. The number of aromatic nitrogens is 2. The topological polar surface area (TPSA) is 61.0 Å². The first-order valence-corrected chi connectivity index (χ1v) is 6.03. The van der Waals surface area contributed by atoms with Crippen molar-refractivity contribution in [3.8, 4) is 5.88 Å². The van der Waals surface area contributed by atoms with Crippen LogP contribution in [0.1, 0.15) is 17.3 Å². The first-order chi connectivity index (χ1) is 9.10. The normalized spacial score (nSPS) is 12.2. The van der Waals surface area contributed by atoms with Gasteiger partial charge in [0.2, 0.25) is 5.88 Å². The summed E-state index contributed by atoms with van der Waals surface area (Å²) in [5, 5.41) is 0.0830. The zero-order valence-corrected chi connectivity index (χ0v) is 11.1. The molecule has 1 unspecified atom stereocenters. The Bertz CT molecular complexity index is 580. The van der Waals surface area contributed by atoms with Gasteiger partial charge in [0.15, 0.2) is 0 Å². The number of hydrogen-bond acceptors (Lipinski definition) is 4. The number of methoxy groups -OCH3 is 1. The van der Waals surface area contributed by atoms with Gasteiger partial charge >= 0.3 is 0 Å². The molecule has 2 rings (SSSR count). The second-order valence-electron chi connectivity index (χ2n) is 4.04. The molecule has 0 amide bonds. The Morgan fingerprint density at radius 2 is 2.16 bits per heavy atom. The summed E-state index contributed by atoms with van der Waals surface area (Å²) in [7, 11) is 1.53. The van der Waals surface area contributed by atoms with Gasteiger partial charge in [0.25, 0.3) is 0 Å². The van der Waals surface area contributed by atoms with Crippen LogP contribution in [0.2, 0.25) is 5.02 Å². The van der Waals surface area contributed by atoms with Crippen molar-refractivity contribution < 1.29 is 9.13 Å². The number of rotatable bonds is 4.